The van der Waals surface area contributed by atoms with E-state index in [0.29, 0.717) is 4.13 Å². The first-order chi connectivity index (χ1) is 3.71. The summed E-state index contributed by atoms with van der Waals surface area (Å²) in [7, 11) is -9.74. The first kappa shape index (κ1) is 25.5. The molecule has 3 N–H and O–H groups in total. The maximum atomic E-state index is 9.55. The van der Waals surface area contributed by atoms with E-state index in [1.165, 1.54) is 0 Å². The third-order valence-corrected chi connectivity index (χ3v) is 1.90. The molecule has 12 heteroatoms. The third kappa shape index (κ3) is 24.1. The van der Waals surface area contributed by atoms with Gasteiger partial charge in [0.2, 0.25) is 0 Å². The van der Waals surface area contributed by atoms with Gasteiger partial charge in [0, 0.05) is 0 Å². The molecule has 0 aromatic heterocycles. The van der Waals surface area contributed by atoms with Crippen molar-refractivity contribution >= 4 is 20.6 Å². The summed E-state index contributed by atoms with van der Waals surface area (Å²) in [4.78, 5) is 0. The molecule has 0 radical (unpaired) electrons. The van der Waals surface area contributed by atoms with Crippen molar-refractivity contribution in [1.82, 2.24) is 4.13 Å². The summed E-state index contributed by atoms with van der Waals surface area (Å²) in [6.07, 6.45) is 0. The molecule has 12 heavy (non-hydrogen) atoms. The average Bonchev–Trinajstić information content (AvgIpc) is 1.14. The summed E-state index contributed by atoms with van der Waals surface area (Å²) in [5.41, 5.74) is 0. The van der Waals surface area contributed by atoms with E-state index in [9.17, 15) is 16.8 Å². The fourth-order valence-electron chi connectivity index (χ4n) is 0.133. The second kappa shape index (κ2) is 10.8. The van der Waals surface area contributed by atoms with Gasteiger partial charge in [-0.3, -0.25) is 9.11 Å². The second-order valence-corrected chi connectivity index (χ2v) is 3.60. The van der Waals surface area contributed by atoms with Crippen LogP contribution in [0.15, 0.2) is 0 Å². The Morgan fingerprint density at radius 3 is 1.00 bits per heavy atom. The standard InChI is InChI=1S/3K.H3NO6S2.3H/c;;;2-8(3,4)1-9(5,6)7;;;/h;;;1H,(H,2,3,4)(H,5,6,7);;;/q3*+1;;3*-1. The van der Waals surface area contributed by atoms with Crippen molar-refractivity contribution in [1.29, 1.82) is 0 Å². The van der Waals surface area contributed by atoms with Gasteiger partial charge in [0.15, 0.2) is 0 Å². The second-order valence-electron chi connectivity index (χ2n) is 1.03. The van der Waals surface area contributed by atoms with Gasteiger partial charge in [-0.1, -0.05) is 4.13 Å². The molecule has 0 saturated heterocycles. The summed E-state index contributed by atoms with van der Waals surface area (Å²) in [6.45, 7) is 0. The summed E-state index contributed by atoms with van der Waals surface area (Å²) >= 11 is 0. The van der Waals surface area contributed by atoms with Gasteiger partial charge in [0.1, 0.15) is 0 Å². The Hall–Kier alpha value is 4.69. The molecule has 0 bridgehead atoms. The van der Waals surface area contributed by atoms with E-state index in [1.54, 1.807) is 0 Å². The van der Waals surface area contributed by atoms with Crippen molar-refractivity contribution in [3.63, 3.8) is 0 Å². The fourth-order valence-corrected chi connectivity index (χ4v) is 1.20. The maximum Gasteiger partial charge on any atom is 1.00 e. The summed E-state index contributed by atoms with van der Waals surface area (Å²) in [5.74, 6) is 0. The predicted octanol–water partition coefficient (Wildman–Crippen LogP) is -10.5. The van der Waals surface area contributed by atoms with Crippen LogP contribution in [0.25, 0.3) is 0 Å². The minimum Gasteiger partial charge on any atom is -1.00 e. The molecule has 0 heterocycles. The van der Waals surface area contributed by atoms with Gasteiger partial charge >= 0.3 is 175 Å². The first-order valence-electron chi connectivity index (χ1n) is 1.44. The zero-order valence-electron chi connectivity index (χ0n) is 9.84. The maximum absolute atomic E-state index is 9.55. The third-order valence-electron chi connectivity index (χ3n) is 0.211. The predicted molar refractivity (Wildman–Crippen MR) is 29.6 cm³/mol. The van der Waals surface area contributed by atoms with Gasteiger partial charge in [-0.15, -0.1) is 0 Å². The van der Waals surface area contributed by atoms with E-state index in [-0.39, 0.29) is 158 Å². The number of nitrogens with one attached hydrogen (secondary N) is 1. The van der Waals surface area contributed by atoms with Gasteiger partial charge in [-0.2, -0.15) is 16.8 Å². The van der Waals surface area contributed by atoms with Gasteiger partial charge in [0.05, 0.1) is 0 Å². The first-order valence-corrected chi connectivity index (χ1v) is 4.32. The minimum atomic E-state index is -4.87. The van der Waals surface area contributed by atoms with Crippen LogP contribution in [0.1, 0.15) is 4.28 Å². The van der Waals surface area contributed by atoms with Crippen LogP contribution in [0.3, 0.4) is 0 Å². The van der Waals surface area contributed by atoms with Crippen molar-refractivity contribution in [2.45, 2.75) is 0 Å². The Morgan fingerprint density at radius 1 is 0.833 bits per heavy atom. The minimum absolute atomic E-state index is 0. The van der Waals surface area contributed by atoms with E-state index in [4.69, 9.17) is 9.11 Å². The van der Waals surface area contributed by atoms with Gasteiger partial charge in [0.25, 0.3) is 0 Å². The van der Waals surface area contributed by atoms with Crippen LogP contribution in [0.5, 0.6) is 0 Å². The van der Waals surface area contributed by atoms with E-state index in [1.807, 2.05) is 0 Å². The number of hydrogen-bond acceptors (Lipinski definition) is 4. The molecule has 0 rings (SSSR count). The Bertz CT molecular complexity index is 257. The van der Waals surface area contributed by atoms with Crippen molar-refractivity contribution in [2.75, 3.05) is 0 Å². The molecule has 0 aromatic rings. The molecule has 0 saturated carbocycles. The zero-order chi connectivity index (χ0) is 7.71. The molecule has 7 nitrogen and oxygen atoms in total. The number of rotatable bonds is 2. The topological polar surface area (TPSA) is 121 Å². The SMILES string of the molecule is O=S(=O)(O)NS(=O)(=O)O.[H-].[H-].[H-].[K+].[K+].[K+]. The molecular weight excluding hydrogens is 291 g/mol. The van der Waals surface area contributed by atoms with Gasteiger partial charge in [-0.25, -0.2) is 0 Å². The molecule has 0 unspecified atom stereocenters. The summed E-state index contributed by atoms with van der Waals surface area (Å²) < 4.78 is 54.1. The number of hydrogen-bond donors (Lipinski definition) is 3. The Balaban J connectivity index is -0.0000000213. The largest absolute Gasteiger partial charge is 1.00 e. The normalized spacial score (nSPS) is 10.2. The van der Waals surface area contributed by atoms with E-state index in [0.717, 1.165) is 0 Å². The van der Waals surface area contributed by atoms with Gasteiger partial charge in [-0.05, 0) is 0 Å². The van der Waals surface area contributed by atoms with Crippen LogP contribution in [0, 0.1) is 0 Å². The summed E-state index contributed by atoms with van der Waals surface area (Å²) in [6, 6.07) is 0. The quantitative estimate of drug-likeness (QED) is 0.344. The smallest absolute Gasteiger partial charge is 1.00 e. The van der Waals surface area contributed by atoms with Crippen molar-refractivity contribution in [3.8, 4) is 0 Å². The van der Waals surface area contributed by atoms with Crippen molar-refractivity contribution in [3.05, 3.63) is 0 Å². The molecule has 0 fully saturated rings. The fraction of sp³-hybridized carbons (Fsp3) is 0. The molecular formula is H6K3NO6S2. The van der Waals surface area contributed by atoms with E-state index in [2.05, 4.69) is 0 Å². The molecule has 0 aliphatic carbocycles. The Labute approximate surface area is 203 Å². The average molecular weight is 297 g/mol. The van der Waals surface area contributed by atoms with Crippen molar-refractivity contribution < 1.29 is 184 Å². The van der Waals surface area contributed by atoms with Crippen LogP contribution in [-0.4, -0.2) is 25.9 Å². The molecule has 0 aromatic carbocycles. The Kier molecular flexibility index (Phi) is 23.0. The molecule has 0 amide bonds. The summed E-state index contributed by atoms with van der Waals surface area (Å²) in [5, 5.41) is 0. The van der Waals surface area contributed by atoms with Crippen LogP contribution < -0.4 is 158 Å². The van der Waals surface area contributed by atoms with Crippen LogP contribution in [-0.2, 0) is 20.6 Å². The van der Waals surface area contributed by atoms with E-state index >= 15 is 0 Å². The monoisotopic (exact) mass is 297 g/mol. The Morgan fingerprint density at radius 2 is 1.00 bits per heavy atom. The van der Waals surface area contributed by atoms with Crippen LogP contribution in [0.2, 0.25) is 0 Å². The van der Waals surface area contributed by atoms with Crippen molar-refractivity contribution in [2.24, 2.45) is 0 Å². The molecule has 0 atom stereocenters. The zero-order valence-corrected chi connectivity index (χ0v) is 17.8. The molecule has 0 spiro atoms. The van der Waals surface area contributed by atoms with E-state index < -0.39 is 20.6 Å². The van der Waals surface area contributed by atoms with Gasteiger partial charge < -0.3 is 4.28 Å². The molecule has 0 aliphatic rings. The molecule has 62 valence electrons. The molecule has 0 aliphatic heterocycles. The van der Waals surface area contributed by atoms with Crippen LogP contribution in [0.4, 0.5) is 0 Å². The van der Waals surface area contributed by atoms with Crippen LogP contribution >= 0.6 is 0 Å².